The van der Waals surface area contributed by atoms with Gasteiger partial charge in [0.25, 0.3) is 0 Å². The molecular formula is C16H21BrClFN2O. The van der Waals surface area contributed by atoms with E-state index in [-0.39, 0.29) is 24.1 Å². The second kappa shape index (κ2) is 7.28. The second-order valence-electron chi connectivity index (χ2n) is 6.23. The van der Waals surface area contributed by atoms with Crippen molar-refractivity contribution in [3.63, 3.8) is 0 Å². The van der Waals surface area contributed by atoms with E-state index >= 15 is 0 Å². The van der Waals surface area contributed by atoms with E-state index in [1.165, 1.54) is 12.5 Å². The number of benzene rings is 1. The molecule has 0 aliphatic carbocycles. The Bertz CT molecular complexity index is 539. The van der Waals surface area contributed by atoms with Crippen LogP contribution >= 0.6 is 28.3 Å². The topological polar surface area (TPSA) is 32.3 Å². The molecule has 1 amide bonds. The maximum atomic E-state index is 13.2. The molecule has 3 rings (SSSR count). The normalized spacial score (nSPS) is 20.0. The standard InChI is InChI=1S/C16H20BrFN2O.ClH/c17-13-9-12(1-2-14(13)18)10-15(21)20-7-4-16(5-8-20)3-6-19-11-16;/h1-2,9,19H,3-8,10-11H2;1H. The molecule has 22 heavy (non-hydrogen) atoms. The lowest BCUT2D eigenvalue weighted by Gasteiger charge is -2.39. The van der Waals surface area contributed by atoms with E-state index in [0.29, 0.717) is 16.3 Å². The Morgan fingerprint density at radius 1 is 1.32 bits per heavy atom. The molecule has 2 aliphatic heterocycles. The fourth-order valence-corrected chi connectivity index (χ4v) is 3.81. The van der Waals surface area contributed by atoms with E-state index < -0.39 is 0 Å². The van der Waals surface area contributed by atoms with Crippen molar-refractivity contribution in [2.45, 2.75) is 25.7 Å². The van der Waals surface area contributed by atoms with Crippen LogP contribution in [-0.2, 0) is 11.2 Å². The van der Waals surface area contributed by atoms with Crippen LogP contribution in [0.4, 0.5) is 4.39 Å². The molecule has 0 atom stereocenters. The molecule has 6 heteroatoms. The quantitative estimate of drug-likeness (QED) is 0.840. The Labute approximate surface area is 145 Å². The molecule has 2 heterocycles. The number of carbonyl (C=O) groups excluding carboxylic acids is 1. The zero-order valence-corrected chi connectivity index (χ0v) is 14.8. The highest BCUT2D eigenvalue weighted by atomic mass is 79.9. The smallest absolute Gasteiger partial charge is 0.226 e. The second-order valence-corrected chi connectivity index (χ2v) is 7.09. The van der Waals surface area contributed by atoms with Crippen molar-refractivity contribution >= 4 is 34.2 Å². The van der Waals surface area contributed by atoms with Gasteiger partial charge in [-0.3, -0.25) is 4.79 Å². The van der Waals surface area contributed by atoms with Gasteiger partial charge in [-0.15, -0.1) is 12.4 Å². The molecule has 3 nitrogen and oxygen atoms in total. The monoisotopic (exact) mass is 390 g/mol. The summed E-state index contributed by atoms with van der Waals surface area (Å²) in [4.78, 5) is 14.3. The Balaban J connectivity index is 0.00000176. The first-order valence-corrected chi connectivity index (χ1v) is 8.30. The predicted octanol–water partition coefficient (Wildman–Crippen LogP) is 3.15. The first kappa shape index (κ1) is 17.7. The van der Waals surface area contributed by atoms with Crippen molar-refractivity contribution in [1.82, 2.24) is 10.2 Å². The van der Waals surface area contributed by atoms with Gasteiger partial charge < -0.3 is 10.2 Å². The van der Waals surface area contributed by atoms with E-state index in [9.17, 15) is 9.18 Å². The summed E-state index contributed by atoms with van der Waals surface area (Å²) in [6, 6.07) is 4.78. The average Bonchev–Trinajstić information content (AvgIpc) is 2.92. The van der Waals surface area contributed by atoms with Crippen LogP contribution in [0, 0.1) is 11.2 Å². The van der Waals surface area contributed by atoms with Crippen LogP contribution in [0.1, 0.15) is 24.8 Å². The highest BCUT2D eigenvalue weighted by Gasteiger charge is 2.37. The molecule has 0 radical (unpaired) electrons. The molecule has 0 unspecified atom stereocenters. The van der Waals surface area contributed by atoms with Crippen molar-refractivity contribution in [3.05, 3.63) is 34.1 Å². The van der Waals surface area contributed by atoms with Gasteiger partial charge in [-0.2, -0.15) is 0 Å². The van der Waals surface area contributed by atoms with E-state index in [0.717, 1.165) is 44.6 Å². The summed E-state index contributed by atoms with van der Waals surface area (Å²) in [5.41, 5.74) is 1.28. The van der Waals surface area contributed by atoms with E-state index in [2.05, 4.69) is 21.2 Å². The molecule has 2 aliphatic rings. The average molecular weight is 392 g/mol. The minimum absolute atomic E-state index is 0. The summed E-state index contributed by atoms with van der Waals surface area (Å²) in [7, 11) is 0. The zero-order valence-electron chi connectivity index (χ0n) is 12.4. The lowest BCUT2D eigenvalue weighted by Crippen LogP contribution is -2.44. The SMILES string of the molecule is Cl.O=C(Cc1ccc(F)c(Br)c1)N1CCC2(CCNC2)CC1. The van der Waals surface area contributed by atoms with Crippen molar-refractivity contribution in [3.8, 4) is 0 Å². The Morgan fingerprint density at radius 3 is 2.64 bits per heavy atom. The Hall–Kier alpha value is -0.650. The van der Waals surface area contributed by atoms with Crippen LogP contribution in [0.3, 0.4) is 0 Å². The van der Waals surface area contributed by atoms with Crippen LogP contribution in [0.2, 0.25) is 0 Å². The summed E-state index contributed by atoms with van der Waals surface area (Å²) in [6.07, 6.45) is 3.78. The third kappa shape index (κ3) is 3.81. The number of hydrogen-bond donors (Lipinski definition) is 1. The number of piperidine rings is 1. The Kier molecular flexibility index (Phi) is 5.86. The van der Waals surface area contributed by atoms with Gasteiger partial charge in [0.1, 0.15) is 5.82 Å². The lowest BCUT2D eigenvalue weighted by atomic mass is 9.78. The number of rotatable bonds is 2. The third-order valence-electron chi connectivity index (χ3n) is 4.85. The fourth-order valence-electron chi connectivity index (χ4n) is 3.39. The van der Waals surface area contributed by atoms with Crippen molar-refractivity contribution in [2.75, 3.05) is 26.2 Å². The van der Waals surface area contributed by atoms with Gasteiger partial charge in [0, 0.05) is 19.6 Å². The van der Waals surface area contributed by atoms with Crippen molar-refractivity contribution in [2.24, 2.45) is 5.41 Å². The fraction of sp³-hybridized carbons (Fsp3) is 0.562. The van der Waals surface area contributed by atoms with Crippen molar-refractivity contribution in [1.29, 1.82) is 0 Å². The first-order chi connectivity index (χ1) is 10.1. The highest BCUT2D eigenvalue weighted by molar-refractivity contribution is 9.10. The van der Waals surface area contributed by atoms with Crippen molar-refractivity contribution < 1.29 is 9.18 Å². The summed E-state index contributed by atoms with van der Waals surface area (Å²) in [5.74, 6) is -0.144. The van der Waals surface area contributed by atoms with Gasteiger partial charge in [0.05, 0.1) is 10.9 Å². The minimum atomic E-state index is -0.292. The number of likely N-dealkylation sites (tertiary alicyclic amines) is 1. The number of nitrogens with one attached hydrogen (secondary N) is 1. The molecule has 0 bridgehead atoms. The summed E-state index contributed by atoms with van der Waals surface area (Å²) in [5, 5.41) is 3.43. The van der Waals surface area contributed by atoms with Crippen LogP contribution in [0.25, 0.3) is 0 Å². The van der Waals surface area contributed by atoms with E-state index in [1.807, 2.05) is 4.90 Å². The van der Waals surface area contributed by atoms with Gasteiger partial charge in [0.15, 0.2) is 0 Å². The molecule has 1 aromatic carbocycles. The molecule has 122 valence electrons. The van der Waals surface area contributed by atoms with Gasteiger partial charge in [-0.25, -0.2) is 4.39 Å². The van der Waals surface area contributed by atoms with E-state index in [4.69, 9.17) is 0 Å². The largest absolute Gasteiger partial charge is 0.342 e. The van der Waals surface area contributed by atoms with Gasteiger partial charge in [-0.05, 0) is 64.8 Å². The molecule has 2 fully saturated rings. The number of carbonyl (C=O) groups is 1. The van der Waals surface area contributed by atoms with Crippen LogP contribution < -0.4 is 5.32 Å². The Morgan fingerprint density at radius 2 is 2.05 bits per heavy atom. The number of halogens is 3. The molecule has 0 saturated carbocycles. The summed E-state index contributed by atoms with van der Waals surface area (Å²) >= 11 is 3.17. The maximum absolute atomic E-state index is 13.2. The number of hydrogen-bond acceptors (Lipinski definition) is 2. The third-order valence-corrected chi connectivity index (χ3v) is 5.46. The maximum Gasteiger partial charge on any atom is 0.226 e. The van der Waals surface area contributed by atoms with Crippen LogP contribution in [-0.4, -0.2) is 37.0 Å². The molecular weight excluding hydrogens is 371 g/mol. The zero-order chi connectivity index (χ0) is 14.9. The van der Waals surface area contributed by atoms with Crippen LogP contribution in [0.15, 0.2) is 22.7 Å². The molecule has 1 aromatic rings. The van der Waals surface area contributed by atoms with Gasteiger partial charge in [0.2, 0.25) is 5.91 Å². The molecule has 1 N–H and O–H groups in total. The van der Waals surface area contributed by atoms with Gasteiger partial charge >= 0.3 is 0 Å². The molecule has 0 aromatic heterocycles. The molecule has 1 spiro atoms. The van der Waals surface area contributed by atoms with Gasteiger partial charge in [-0.1, -0.05) is 6.07 Å². The first-order valence-electron chi connectivity index (χ1n) is 7.50. The predicted molar refractivity (Wildman–Crippen MR) is 90.8 cm³/mol. The molecule has 2 saturated heterocycles. The minimum Gasteiger partial charge on any atom is -0.342 e. The lowest BCUT2D eigenvalue weighted by molar-refractivity contribution is -0.132. The summed E-state index contributed by atoms with van der Waals surface area (Å²) < 4.78 is 13.6. The number of amides is 1. The highest BCUT2D eigenvalue weighted by Crippen LogP contribution is 2.37. The van der Waals surface area contributed by atoms with Crippen LogP contribution in [0.5, 0.6) is 0 Å². The van der Waals surface area contributed by atoms with E-state index in [1.54, 1.807) is 12.1 Å². The number of nitrogens with zero attached hydrogens (tertiary/aromatic N) is 1. The summed E-state index contributed by atoms with van der Waals surface area (Å²) in [6.45, 7) is 3.91.